The van der Waals surface area contributed by atoms with Crippen molar-refractivity contribution in [2.45, 2.75) is 25.8 Å². The maximum atomic E-state index is 12.1. The van der Waals surface area contributed by atoms with Gasteiger partial charge in [0.05, 0.1) is 6.04 Å². The number of aromatic nitrogens is 1. The highest BCUT2D eigenvalue weighted by Crippen LogP contribution is 2.23. The van der Waals surface area contributed by atoms with Crippen LogP contribution < -0.4 is 15.4 Å². The number of rotatable bonds is 8. The number of nitrogens with one attached hydrogen (secondary N) is 2. The number of carbonyl (C=O) groups is 2. The molecule has 2 N–H and O–H groups in total. The lowest BCUT2D eigenvalue weighted by molar-refractivity contribution is -0.124. The summed E-state index contributed by atoms with van der Waals surface area (Å²) in [6.45, 7) is 1.90. The molecule has 0 saturated heterocycles. The molecule has 1 atom stereocenters. The van der Waals surface area contributed by atoms with Crippen LogP contribution in [0.1, 0.15) is 31.4 Å². The van der Waals surface area contributed by atoms with E-state index in [9.17, 15) is 9.59 Å². The smallest absolute Gasteiger partial charge is 0.226 e. The molecular weight excluding hydrogens is 374 g/mol. The van der Waals surface area contributed by atoms with E-state index in [0.717, 1.165) is 17.1 Å². The maximum absolute atomic E-state index is 12.1. The first-order chi connectivity index (χ1) is 13.6. The molecule has 0 aliphatic heterocycles. The van der Waals surface area contributed by atoms with Crippen molar-refractivity contribution in [3.05, 3.63) is 71.7 Å². The predicted molar refractivity (Wildman–Crippen MR) is 109 cm³/mol. The van der Waals surface area contributed by atoms with E-state index in [-0.39, 0.29) is 30.7 Å². The Bertz CT molecular complexity index is 896. The first kappa shape index (κ1) is 19.6. The summed E-state index contributed by atoms with van der Waals surface area (Å²) in [4.78, 5) is 27.9. The molecule has 1 unspecified atom stereocenters. The van der Waals surface area contributed by atoms with E-state index < -0.39 is 0 Å². The maximum Gasteiger partial charge on any atom is 0.226 e. The topological polar surface area (TPSA) is 80.3 Å². The summed E-state index contributed by atoms with van der Waals surface area (Å²) in [5.41, 5.74) is 0.959. The van der Waals surface area contributed by atoms with E-state index in [1.54, 1.807) is 11.6 Å². The fraction of sp³-hybridized carbons (Fsp3) is 0.190. The lowest BCUT2D eigenvalue weighted by Crippen LogP contribution is -2.27. The Morgan fingerprint density at radius 1 is 1.00 bits per heavy atom. The molecule has 0 radical (unpaired) electrons. The number of nitrogens with zero attached hydrogens (tertiary/aromatic N) is 1. The van der Waals surface area contributed by atoms with Gasteiger partial charge in [0.2, 0.25) is 11.8 Å². The van der Waals surface area contributed by atoms with Crippen molar-refractivity contribution in [1.29, 1.82) is 0 Å². The number of para-hydroxylation sites is 1. The minimum Gasteiger partial charge on any atom is -0.457 e. The summed E-state index contributed by atoms with van der Waals surface area (Å²) in [5.74, 6) is 1.10. The second kappa shape index (κ2) is 9.66. The average molecular weight is 395 g/mol. The van der Waals surface area contributed by atoms with Crippen molar-refractivity contribution in [3.8, 4) is 11.5 Å². The fourth-order valence-corrected chi connectivity index (χ4v) is 3.09. The molecule has 6 nitrogen and oxygen atoms in total. The van der Waals surface area contributed by atoms with Gasteiger partial charge in [0.15, 0.2) is 5.13 Å². The summed E-state index contributed by atoms with van der Waals surface area (Å²) in [6, 6.07) is 16.9. The Kier molecular flexibility index (Phi) is 6.75. The zero-order valence-electron chi connectivity index (χ0n) is 15.4. The number of benzene rings is 2. The van der Waals surface area contributed by atoms with Crippen molar-refractivity contribution in [1.82, 2.24) is 10.3 Å². The van der Waals surface area contributed by atoms with Gasteiger partial charge >= 0.3 is 0 Å². The standard InChI is InChI=1S/C21H21N3O3S/c1-15(23-19(25)11-12-20(26)24-21-22-13-14-28-21)16-7-9-18(10-8-16)27-17-5-3-2-4-6-17/h2-10,13-15H,11-12H2,1H3,(H,23,25)(H,22,24,26). The van der Waals surface area contributed by atoms with Gasteiger partial charge in [0.1, 0.15) is 11.5 Å². The molecule has 0 aliphatic carbocycles. The molecular formula is C21H21N3O3S. The van der Waals surface area contributed by atoms with Gasteiger partial charge in [0.25, 0.3) is 0 Å². The normalized spacial score (nSPS) is 11.5. The van der Waals surface area contributed by atoms with Crippen molar-refractivity contribution < 1.29 is 14.3 Å². The van der Waals surface area contributed by atoms with Gasteiger partial charge in [-0.15, -0.1) is 11.3 Å². The van der Waals surface area contributed by atoms with Crippen LogP contribution in [-0.2, 0) is 9.59 Å². The van der Waals surface area contributed by atoms with Crippen LogP contribution in [0, 0.1) is 0 Å². The summed E-state index contributed by atoms with van der Waals surface area (Å²) >= 11 is 1.34. The SMILES string of the molecule is CC(NC(=O)CCC(=O)Nc1nccs1)c1ccc(Oc2ccccc2)cc1. The number of amides is 2. The first-order valence-electron chi connectivity index (χ1n) is 8.92. The van der Waals surface area contributed by atoms with E-state index in [4.69, 9.17) is 4.74 Å². The molecule has 28 heavy (non-hydrogen) atoms. The van der Waals surface area contributed by atoms with E-state index in [2.05, 4.69) is 15.6 Å². The molecule has 2 aromatic carbocycles. The monoisotopic (exact) mass is 395 g/mol. The summed E-state index contributed by atoms with van der Waals surface area (Å²) in [6.07, 6.45) is 1.85. The second-order valence-electron chi connectivity index (χ2n) is 6.16. The van der Waals surface area contributed by atoms with Gasteiger partial charge in [-0.2, -0.15) is 0 Å². The van der Waals surface area contributed by atoms with Crippen LogP contribution in [0.3, 0.4) is 0 Å². The van der Waals surface area contributed by atoms with Gasteiger partial charge in [-0.25, -0.2) is 4.98 Å². The highest BCUT2D eigenvalue weighted by Gasteiger charge is 2.12. The number of hydrogen-bond acceptors (Lipinski definition) is 5. The fourth-order valence-electron chi connectivity index (χ4n) is 2.54. The van der Waals surface area contributed by atoms with Crippen LogP contribution in [0.4, 0.5) is 5.13 Å². The van der Waals surface area contributed by atoms with Crippen LogP contribution in [0.25, 0.3) is 0 Å². The second-order valence-corrected chi connectivity index (χ2v) is 7.05. The van der Waals surface area contributed by atoms with Gasteiger partial charge in [0, 0.05) is 24.4 Å². The molecule has 0 fully saturated rings. The first-order valence-corrected chi connectivity index (χ1v) is 9.79. The third-order valence-corrected chi connectivity index (χ3v) is 4.68. The van der Waals surface area contributed by atoms with Crippen LogP contribution >= 0.6 is 11.3 Å². The molecule has 144 valence electrons. The van der Waals surface area contributed by atoms with E-state index in [1.807, 2.05) is 61.5 Å². The summed E-state index contributed by atoms with van der Waals surface area (Å²) < 4.78 is 5.77. The highest BCUT2D eigenvalue weighted by molar-refractivity contribution is 7.13. The van der Waals surface area contributed by atoms with Gasteiger partial charge in [-0.05, 0) is 36.8 Å². The average Bonchev–Trinajstić information content (AvgIpc) is 3.21. The minimum absolute atomic E-state index is 0.113. The zero-order valence-corrected chi connectivity index (χ0v) is 16.2. The number of carbonyl (C=O) groups excluding carboxylic acids is 2. The number of anilines is 1. The molecule has 3 rings (SSSR count). The summed E-state index contributed by atoms with van der Waals surface area (Å²) in [7, 11) is 0. The highest BCUT2D eigenvalue weighted by atomic mass is 32.1. The Balaban J connectivity index is 1.45. The molecule has 0 saturated carbocycles. The third kappa shape index (κ3) is 5.92. The Morgan fingerprint density at radius 3 is 2.36 bits per heavy atom. The van der Waals surface area contributed by atoms with E-state index >= 15 is 0 Å². The predicted octanol–water partition coefficient (Wildman–Crippen LogP) is 4.53. The molecule has 7 heteroatoms. The third-order valence-electron chi connectivity index (χ3n) is 3.99. The molecule has 3 aromatic rings. The number of hydrogen-bond donors (Lipinski definition) is 2. The lowest BCUT2D eigenvalue weighted by atomic mass is 10.1. The van der Waals surface area contributed by atoms with Crippen molar-refractivity contribution >= 4 is 28.3 Å². The largest absolute Gasteiger partial charge is 0.457 e. The van der Waals surface area contributed by atoms with Crippen molar-refractivity contribution in [2.75, 3.05) is 5.32 Å². The van der Waals surface area contributed by atoms with Crippen LogP contribution in [-0.4, -0.2) is 16.8 Å². The number of thiazole rings is 1. The van der Waals surface area contributed by atoms with Crippen molar-refractivity contribution in [3.63, 3.8) is 0 Å². The summed E-state index contributed by atoms with van der Waals surface area (Å²) in [5, 5.41) is 7.89. The van der Waals surface area contributed by atoms with E-state index in [0.29, 0.717) is 5.13 Å². The molecule has 0 spiro atoms. The minimum atomic E-state index is -0.222. The van der Waals surface area contributed by atoms with E-state index in [1.165, 1.54) is 11.3 Å². The number of ether oxygens (including phenoxy) is 1. The van der Waals surface area contributed by atoms with Crippen LogP contribution in [0.5, 0.6) is 11.5 Å². The Hall–Kier alpha value is -3.19. The van der Waals surface area contributed by atoms with Crippen LogP contribution in [0.15, 0.2) is 66.2 Å². The lowest BCUT2D eigenvalue weighted by Gasteiger charge is -2.15. The molecule has 0 bridgehead atoms. The molecule has 1 aromatic heterocycles. The van der Waals surface area contributed by atoms with Gasteiger partial charge < -0.3 is 15.4 Å². The molecule has 0 aliphatic rings. The Morgan fingerprint density at radius 2 is 1.68 bits per heavy atom. The van der Waals surface area contributed by atoms with Crippen molar-refractivity contribution in [2.24, 2.45) is 0 Å². The zero-order chi connectivity index (χ0) is 19.8. The Labute approximate surface area is 167 Å². The quantitative estimate of drug-likeness (QED) is 0.587. The van der Waals surface area contributed by atoms with Crippen LogP contribution in [0.2, 0.25) is 0 Å². The van der Waals surface area contributed by atoms with Gasteiger partial charge in [-0.3, -0.25) is 9.59 Å². The van der Waals surface area contributed by atoms with Gasteiger partial charge in [-0.1, -0.05) is 30.3 Å². The molecule has 2 amide bonds. The molecule has 1 heterocycles.